The molecule has 0 unspecified atom stereocenters. The lowest BCUT2D eigenvalue weighted by Crippen LogP contribution is -2.34. The Morgan fingerprint density at radius 2 is 2.06 bits per heavy atom. The molecule has 1 aromatic rings. The van der Waals surface area contributed by atoms with Crippen LogP contribution in [0, 0.1) is 5.92 Å². The number of rotatable bonds is 7. The van der Waals surface area contributed by atoms with Gasteiger partial charge >= 0.3 is 0 Å². The monoisotopic (exact) mass is 240 g/mol. The number of aromatic nitrogens is 3. The first-order valence-electron chi connectivity index (χ1n) is 6.26. The third kappa shape index (κ3) is 4.44. The van der Waals surface area contributed by atoms with Crippen LogP contribution in [0.2, 0.25) is 0 Å². The normalized spacial score (nSPS) is 12.0. The molecule has 0 bridgehead atoms. The van der Waals surface area contributed by atoms with Crippen molar-refractivity contribution >= 4 is 0 Å². The van der Waals surface area contributed by atoms with Gasteiger partial charge in [-0.3, -0.25) is 4.90 Å². The van der Waals surface area contributed by atoms with Gasteiger partial charge in [-0.15, -0.1) is 0 Å². The van der Waals surface area contributed by atoms with Gasteiger partial charge in [0.2, 0.25) is 0 Å². The average molecular weight is 240 g/mol. The lowest BCUT2D eigenvalue weighted by Gasteiger charge is -2.25. The van der Waals surface area contributed by atoms with Crippen molar-refractivity contribution in [1.29, 1.82) is 0 Å². The van der Waals surface area contributed by atoms with Crippen molar-refractivity contribution < 1.29 is 5.11 Å². The van der Waals surface area contributed by atoms with E-state index in [9.17, 15) is 0 Å². The van der Waals surface area contributed by atoms with Gasteiger partial charge in [-0.2, -0.15) is 5.10 Å². The van der Waals surface area contributed by atoms with E-state index in [1.807, 2.05) is 4.68 Å². The van der Waals surface area contributed by atoms with Gasteiger partial charge in [0, 0.05) is 19.1 Å². The SMILES string of the molecule is CC(C)Cn1ncnc1CN(CCO)C(C)C. The number of hydrogen-bond acceptors (Lipinski definition) is 4. The van der Waals surface area contributed by atoms with E-state index in [1.165, 1.54) is 0 Å². The molecule has 0 aliphatic carbocycles. The molecule has 0 radical (unpaired) electrons. The standard InChI is InChI=1S/C12H24N4O/c1-10(2)7-16-12(13-9-14-16)8-15(5-6-17)11(3)4/h9-11,17H,5-8H2,1-4H3. The maximum absolute atomic E-state index is 9.04. The molecule has 1 aromatic heterocycles. The summed E-state index contributed by atoms with van der Waals surface area (Å²) >= 11 is 0. The van der Waals surface area contributed by atoms with E-state index in [0.29, 0.717) is 18.5 Å². The van der Waals surface area contributed by atoms with Gasteiger partial charge in [-0.05, 0) is 19.8 Å². The van der Waals surface area contributed by atoms with Crippen molar-refractivity contribution in [2.75, 3.05) is 13.2 Å². The van der Waals surface area contributed by atoms with Crippen LogP contribution in [0.1, 0.15) is 33.5 Å². The lowest BCUT2D eigenvalue weighted by atomic mass is 10.2. The Kier molecular flexibility index (Phi) is 5.58. The van der Waals surface area contributed by atoms with E-state index >= 15 is 0 Å². The Labute approximate surface area is 103 Å². The first-order chi connectivity index (χ1) is 8.04. The first kappa shape index (κ1) is 14.1. The van der Waals surface area contributed by atoms with E-state index in [-0.39, 0.29) is 6.61 Å². The Hall–Kier alpha value is -0.940. The van der Waals surface area contributed by atoms with Crippen LogP contribution in [0.4, 0.5) is 0 Å². The van der Waals surface area contributed by atoms with Crippen LogP contribution < -0.4 is 0 Å². The summed E-state index contributed by atoms with van der Waals surface area (Å²) in [6.45, 7) is 11.1. The minimum atomic E-state index is 0.177. The van der Waals surface area contributed by atoms with Crippen molar-refractivity contribution in [3.63, 3.8) is 0 Å². The largest absolute Gasteiger partial charge is 0.395 e. The maximum atomic E-state index is 9.04. The lowest BCUT2D eigenvalue weighted by molar-refractivity contribution is 0.153. The highest BCUT2D eigenvalue weighted by Crippen LogP contribution is 2.07. The van der Waals surface area contributed by atoms with Crippen LogP contribution in [-0.2, 0) is 13.1 Å². The maximum Gasteiger partial charge on any atom is 0.141 e. The fraction of sp³-hybridized carbons (Fsp3) is 0.833. The predicted molar refractivity (Wildman–Crippen MR) is 67.5 cm³/mol. The Morgan fingerprint density at radius 1 is 1.35 bits per heavy atom. The molecular formula is C12H24N4O. The van der Waals surface area contributed by atoms with Crippen LogP contribution in [-0.4, -0.2) is 44.0 Å². The summed E-state index contributed by atoms with van der Waals surface area (Å²) in [5.74, 6) is 1.53. The summed E-state index contributed by atoms with van der Waals surface area (Å²) in [7, 11) is 0. The Morgan fingerprint density at radius 3 is 2.59 bits per heavy atom. The van der Waals surface area contributed by atoms with Crippen LogP contribution in [0.25, 0.3) is 0 Å². The highest BCUT2D eigenvalue weighted by molar-refractivity contribution is 4.86. The van der Waals surface area contributed by atoms with E-state index in [0.717, 1.165) is 18.9 Å². The van der Waals surface area contributed by atoms with Gasteiger partial charge in [0.05, 0.1) is 13.2 Å². The van der Waals surface area contributed by atoms with E-state index < -0.39 is 0 Å². The summed E-state index contributed by atoms with van der Waals surface area (Å²) in [4.78, 5) is 6.50. The van der Waals surface area contributed by atoms with Gasteiger partial charge in [0.25, 0.3) is 0 Å². The smallest absolute Gasteiger partial charge is 0.141 e. The fourth-order valence-electron chi connectivity index (χ4n) is 1.74. The molecule has 0 saturated carbocycles. The molecule has 0 aliphatic heterocycles. The molecule has 1 heterocycles. The molecule has 0 saturated heterocycles. The van der Waals surface area contributed by atoms with Crippen LogP contribution in [0.5, 0.6) is 0 Å². The zero-order valence-corrected chi connectivity index (χ0v) is 11.3. The van der Waals surface area contributed by atoms with Gasteiger partial charge in [0.15, 0.2) is 0 Å². The van der Waals surface area contributed by atoms with Crippen molar-refractivity contribution in [1.82, 2.24) is 19.7 Å². The highest BCUT2D eigenvalue weighted by Gasteiger charge is 2.14. The summed E-state index contributed by atoms with van der Waals surface area (Å²) in [5, 5.41) is 13.3. The molecule has 0 aliphatic rings. The summed E-state index contributed by atoms with van der Waals surface area (Å²) in [5.41, 5.74) is 0. The van der Waals surface area contributed by atoms with Crippen molar-refractivity contribution in [2.45, 2.75) is 46.8 Å². The second kappa shape index (κ2) is 6.71. The molecule has 0 atom stereocenters. The molecule has 1 N–H and O–H groups in total. The second-order valence-corrected chi connectivity index (χ2v) is 5.04. The summed E-state index contributed by atoms with van der Waals surface area (Å²) in [6.07, 6.45) is 1.61. The van der Waals surface area contributed by atoms with Gasteiger partial charge in [-0.1, -0.05) is 13.8 Å². The van der Waals surface area contributed by atoms with Crippen molar-refractivity contribution in [2.24, 2.45) is 5.92 Å². The number of hydrogen-bond donors (Lipinski definition) is 1. The molecule has 1 rings (SSSR count). The van der Waals surface area contributed by atoms with Crippen LogP contribution >= 0.6 is 0 Å². The van der Waals surface area contributed by atoms with Crippen molar-refractivity contribution in [3.8, 4) is 0 Å². The molecule has 17 heavy (non-hydrogen) atoms. The zero-order valence-electron chi connectivity index (χ0n) is 11.3. The topological polar surface area (TPSA) is 54.2 Å². The number of nitrogens with zero attached hydrogens (tertiary/aromatic N) is 4. The molecule has 98 valence electrons. The van der Waals surface area contributed by atoms with Gasteiger partial charge in [-0.25, -0.2) is 9.67 Å². The third-order valence-corrected chi connectivity index (χ3v) is 2.70. The fourth-order valence-corrected chi connectivity index (χ4v) is 1.74. The van der Waals surface area contributed by atoms with E-state index in [2.05, 4.69) is 42.7 Å². The third-order valence-electron chi connectivity index (χ3n) is 2.70. The average Bonchev–Trinajstić information content (AvgIpc) is 2.64. The molecule has 0 fully saturated rings. The zero-order chi connectivity index (χ0) is 12.8. The molecule has 0 aromatic carbocycles. The van der Waals surface area contributed by atoms with Gasteiger partial charge in [0.1, 0.15) is 12.2 Å². The minimum Gasteiger partial charge on any atom is -0.395 e. The van der Waals surface area contributed by atoms with E-state index in [1.54, 1.807) is 6.33 Å². The Bertz CT molecular complexity index is 322. The quantitative estimate of drug-likeness (QED) is 0.776. The molecule has 0 amide bonds. The predicted octanol–water partition coefficient (Wildman–Crippen LogP) is 1.14. The summed E-state index contributed by atoms with van der Waals surface area (Å²) < 4.78 is 1.96. The van der Waals surface area contributed by atoms with Gasteiger partial charge < -0.3 is 5.11 Å². The molecule has 5 nitrogen and oxygen atoms in total. The van der Waals surface area contributed by atoms with Crippen LogP contribution in [0.15, 0.2) is 6.33 Å². The first-order valence-corrected chi connectivity index (χ1v) is 6.26. The van der Waals surface area contributed by atoms with Crippen molar-refractivity contribution in [3.05, 3.63) is 12.2 Å². The molecular weight excluding hydrogens is 216 g/mol. The Balaban J connectivity index is 2.68. The van der Waals surface area contributed by atoms with Crippen LogP contribution in [0.3, 0.4) is 0 Å². The highest BCUT2D eigenvalue weighted by atomic mass is 16.3. The van der Waals surface area contributed by atoms with E-state index in [4.69, 9.17) is 5.11 Å². The number of aliphatic hydroxyl groups is 1. The molecule has 5 heteroatoms. The summed E-state index contributed by atoms with van der Waals surface area (Å²) in [6, 6.07) is 0.395. The number of aliphatic hydroxyl groups excluding tert-OH is 1. The molecule has 0 spiro atoms. The second-order valence-electron chi connectivity index (χ2n) is 5.04. The minimum absolute atomic E-state index is 0.177.